The minimum absolute atomic E-state index is 0.260. The van der Waals surface area contributed by atoms with Crippen LogP contribution >= 0.6 is 0 Å². The van der Waals surface area contributed by atoms with Gasteiger partial charge in [0.25, 0.3) is 0 Å². The fourth-order valence-corrected chi connectivity index (χ4v) is 1.86. The first-order valence-electron chi connectivity index (χ1n) is 4.59. The van der Waals surface area contributed by atoms with E-state index >= 15 is 0 Å². The summed E-state index contributed by atoms with van der Waals surface area (Å²) in [5, 5.41) is 0. The molecule has 0 aromatic heterocycles. The molecule has 0 N–H and O–H groups in total. The molecular formula is C9H15NO. The largest absolute Gasteiger partial charge is 0.302 e. The molecule has 1 aliphatic carbocycles. The van der Waals surface area contributed by atoms with Crippen molar-refractivity contribution in [2.24, 2.45) is 5.92 Å². The number of aldehydes is 1. The molecule has 0 aromatic rings. The van der Waals surface area contributed by atoms with E-state index in [2.05, 4.69) is 4.90 Å². The second kappa shape index (κ2) is 2.94. The van der Waals surface area contributed by atoms with Crippen molar-refractivity contribution in [1.82, 2.24) is 4.90 Å². The molecule has 1 aliphatic heterocycles. The molecule has 2 heteroatoms. The maximum absolute atomic E-state index is 10.6. The highest BCUT2D eigenvalue weighted by molar-refractivity contribution is 5.58. The molecule has 1 heterocycles. The van der Waals surface area contributed by atoms with Crippen LogP contribution in [0, 0.1) is 5.92 Å². The molecular weight excluding hydrogens is 138 g/mol. The zero-order chi connectivity index (χ0) is 7.68. The van der Waals surface area contributed by atoms with Crippen LogP contribution in [0.5, 0.6) is 0 Å². The summed E-state index contributed by atoms with van der Waals surface area (Å²) in [5.41, 5.74) is 0. The molecule has 1 saturated heterocycles. The number of carbonyl (C=O) groups excluding carboxylic acids is 1. The fraction of sp³-hybridized carbons (Fsp3) is 0.889. The molecule has 2 aliphatic rings. The number of hydrogen-bond acceptors (Lipinski definition) is 2. The number of nitrogens with zero attached hydrogens (tertiary/aromatic N) is 1. The van der Waals surface area contributed by atoms with Crippen molar-refractivity contribution in [2.75, 3.05) is 13.1 Å². The van der Waals surface area contributed by atoms with E-state index in [0.717, 1.165) is 25.2 Å². The molecule has 0 unspecified atom stereocenters. The summed E-state index contributed by atoms with van der Waals surface area (Å²) in [6.45, 7) is 2.34. The summed E-state index contributed by atoms with van der Waals surface area (Å²) in [4.78, 5) is 12.9. The monoisotopic (exact) mass is 153 g/mol. The van der Waals surface area contributed by atoms with Gasteiger partial charge < -0.3 is 4.79 Å². The SMILES string of the molecule is O=C[C@H]1CCCN1CC1CC1. The Morgan fingerprint density at radius 2 is 2.18 bits per heavy atom. The summed E-state index contributed by atoms with van der Waals surface area (Å²) < 4.78 is 0. The van der Waals surface area contributed by atoms with Gasteiger partial charge in [0.1, 0.15) is 6.29 Å². The maximum Gasteiger partial charge on any atom is 0.137 e. The van der Waals surface area contributed by atoms with Crippen molar-refractivity contribution in [2.45, 2.75) is 31.7 Å². The van der Waals surface area contributed by atoms with Crippen molar-refractivity contribution in [1.29, 1.82) is 0 Å². The number of rotatable bonds is 3. The third-order valence-corrected chi connectivity index (χ3v) is 2.76. The Hall–Kier alpha value is -0.370. The maximum atomic E-state index is 10.6. The van der Waals surface area contributed by atoms with Crippen molar-refractivity contribution >= 4 is 6.29 Å². The van der Waals surface area contributed by atoms with E-state index in [0.29, 0.717) is 0 Å². The molecule has 62 valence electrons. The molecule has 2 fully saturated rings. The van der Waals surface area contributed by atoms with Crippen LogP contribution in [0.1, 0.15) is 25.7 Å². The first-order valence-corrected chi connectivity index (χ1v) is 4.59. The Bertz CT molecular complexity index is 154. The predicted molar refractivity (Wildman–Crippen MR) is 43.4 cm³/mol. The standard InChI is InChI=1S/C9H15NO/c11-7-9-2-1-5-10(9)6-8-3-4-8/h7-9H,1-6H2/t9-/m1/s1. The van der Waals surface area contributed by atoms with Gasteiger partial charge in [0.15, 0.2) is 0 Å². The highest BCUT2D eigenvalue weighted by Gasteiger charge is 2.30. The number of hydrogen-bond donors (Lipinski definition) is 0. The van der Waals surface area contributed by atoms with Gasteiger partial charge in [0.05, 0.1) is 6.04 Å². The van der Waals surface area contributed by atoms with Gasteiger partial charge in [-0.1, -0.05) is 0 Å². The quantitative estimate of drug-likeness (QED) is 0.565. The van der Waals surface area contributed by atoms with Crippen LogP contribution in [-0.4, -0.2) is 30.3 Å². The molecule has 0 radical (unpaired) electrons. The van der Waals surface area contributed by atoms with Crippen LogP contribution in [-0.2, 0) is 4.79 Å². The van der Waals surface area contributed by atoms with Crippen molar-refractivity contribution in [3.63, 3.8) is 0 Å². The van der Waals surface area contributed by atoms with Crippen LogP contribution in [0.15, 0.2) is 0 Å². The predicted octanol–water partition coefficient (Wildman–Crippen LogP) is 1.06. The Balaban J connectivity index is 1.84. The minimum atomic E-state index is 0.260. The van der Waals surface area contributed by atoms with Crippen molar-refractivity contribution in [3.8, 4) is 0 Å². The van der Waals surface area contributed by atoms with Gasteiger partial charge in [0, 0.05) is 6.54 Å². The highest BCUT2D eigenvalue weighted by atomic mass is 16.1. The topological polar surface area (TPSA) is 20.3 Å². The normalized spacial score (nSPS) is 32.5. The number of carbonyl (C=O) groups is 1. The Morgan fingerprint density at radius 3 is 2.82 bits per heavy atom. The highest BCUT2D eigenvalue weighted by Crippen LogP contribution is 2.31. The second-order valence-electron chi connectivity index (χ2n) is 3.78. The Morgan fingerprint density at radius 1 is 1.36 bits per heavy atom. The summed E-state index contributed by atoms with van der Waals surface area (Å²) >= 11 is 0. The van der Waals surface area contributed by atoms with Crippen molar-refractivity contribution < 1.29 is 4.79 Å². The average molecular weight is 153 g/mol. The van der Waals surface area contributed by atoms with E-state index in [1.165, 1.54) is 25.8 Å². The van der Waals surface area contributed by atoms with Gasteiger partial charge in [-0.3, -0.25) is 4.90 Å². The Labute approximate surface area is 67.6 Å². The molecule has 0 amide bonds. The minimum Gasteiger partial charge on any atom is -0.302 e. The second-order valence-corrected chi connectivity index (χ2v) is 3.78. The molecule has 1 atom stereocenters. The van der Waals surface area contributed by atoms with Gasteiger partial charge >= 0.3 is 0 Å². The third kappa shape index (κ3) is 1.62. The Kier molecular flexibility index (Phi) is 1.95. The summed E-state index contributed by atoms with van der Waals surface area (Å²) in [6, 6.07) is 0.260. The molecule has 2 rings (SSSR count). The molecule has 2 nitrogen and oxygen atoms in total. The summed E-state index contributed by atoms with van der Waals surface area (Å²) in [6.07, 6.45) is 6.21. The summed E-state index contributed by atoms with van der Waals surface area (Å²) in [7, 11) is 0. The first-order chi connectivity index (χ1) is 5.40. The lowest BCUT2D eigenvalue weighted by atomic mass is 10.2. The number of likely N-dealkylation sites (tertiary alicyclic amines) is 1. The third-order valence-electron chi connectivity index (χ3n) is 2.76. The van der Waals surface area contributed by atoms with Crippen LogP contribution in [0.25, 0.3) is 0 Å². The lowest BCUT2D eigenvalue weighted by Gasteiger charge is -2.18. The van der Waals surface area contributed by atoms with Crippen LogP contribution in [0.4, 0.5) is 0 Å². The van der Waals surface area contributed by atoms with E-state index < -0.39 is 0 Å². The van der Waals surface area contributed by atoms with Crippen LogP contribution < -0.4 is 0 Å². The zero-order valence-corrected chi connectivity index (χ0v) is 6.83. The van der Waals surface area contributed by atoms with E-state index in [9.17, 15) is 4.79 Å². The fourth-order valence-electron chi connectivity index (χ4n) is 1.86. The van der Waals surface area contributed by atoms with Crippen LogP contribution in [0.3, 0.4) is 0 Å². The van der Waals surface area contributed by atoms with E-state index in [1.54, 1.807) is 0 Å². The zero-order valence-electron chi connectivity index (χ0n) is 6.83. The lowest BCUT2D eigenvalue weighted by molar-refractivity contribution is -0.111. The lowest BCUT2D eigenvalue weighted by Crippen LogP contribution is -2.32. The molecule has 0 aromatic carbocycles. The molecule has 11 heavy (non-hydrogen) atoms. The van der Waals surface area contributed by atoms with Crippen molar-refractivity contribution in [3.05, 3.63) is 0 Å². The van der Waals surface area contributed by atoms with Gasteiger partial charge in [-0.25, -0.2) is 0 Å². The van der Waals surface area contributed by atoms with E-state index in [-0.39, 0.29) is 6.04 Å². The van der Waals surface area contributed by atoms with Crippen LogP contribution in [0.2, 0.25) is 0 Å². The van der Waals surface area contributed by atoms with Gasteiger partial charge in [-0.15, -0.1) is 0 Å². The molecule has 0 spiro atoms. The average Bonchev–Trinajstić information content (AvgIpc) is 2.68. The van der Waals surface area contributed by atoms with E-state index in [4.69, 9.17) is 0 Å². The van der Waals surface area contributed by atoms with Gasteiger partial charge in [-0.2, -0.15) is 0 Å². The smallest absolute Gasteiger partial charge is 0.137 e. The summed E-state index contributed by atoms with van der Waals surface area (Å²) in [5.74, 6) is 0.926. The first kappa shape index (κ1) is 7.29. The van der Waals surface area contributed by atoms with Gasteiger partial charge in [-0.05, 0) is 38.1 Å². The molecule has 1 saturated carbocycles. The van der Waals surface area contributed by atoms with Gasteiger partial charge in [0.2, 0.25) is 0 Å². The molecule has 0 bridgehead atoms. The van der Waals surface area contributed by atoms with E-state index in [1.807, 2.05) is 0 Å².